The van der Waals surface area contributed by atoms with Crippen LogP contribution >= 0.6 is 23.2 Å². The highest BCUT2D eigenvalue weighted by atomic mass is 35.5. The predicted octanol–water partition coefficient (Wildman–Crippen LogP) is 4.98. The lowest BCUT2D eigenvalue weighted by atomic mass is 10.1. The lowest BCUT2D eigenvalue weighted by Crippen LogP contribution is -2.34. The van der Waals surface area contributed by atoms with Crippen LogP contribution in [0.1, 0.15) is 40.0 Å². The van der Waals surface area contributed by atoms with Gasteiger partial charge in [-0.15, -0.1) is 0 Å². The first-order valence-corrected chi connectivity index (χ1v) is 7.28. The average molecular weight is 289 g/mol. The van der Waals surface area contributed by atoms with Gasteiger partial charge < -0.3 is 10.6 Å². The number of halogens is 2. The fourth-order valence-corrected chi connectivity index (χ4v) is 2.26. The monoisotopic (exact) mass is 288 g/mol. The molecule has 18 heavy (non-hydrogen) atoms. The van der Waals surface area contributed by atoms with E-state index in [0.29, 0.717) is 21.8 Å². The van der Waals surface area contributed by atoms with Crippen molar-refractivity contribution < 1.29 is 0 Å². The summed E-state index contributed by atoms with van der Waals surface area (Å²) >= 11 is 12.1. The molecule has 1 aromatic rings. The standard InChI is InChI=1S/C14H22Cl2N2/c1-4-6-7-18(10(3)5-2)14-9-12(16)11(15)8-13(14)17/h8-10H,4-7,17H2,1-3H3. The fourth-order valence-electron chi connectivity index (χ4n) is 1.93. The van der Waals surface area contributed by atoms with Crippen molar-refractivity contribution in [2.24, 2.45) is 0 Å². The van der Waals surface area contributed by atoms with Gasteiger partial charge in [-0.1, -0.05) is 43.5 Å². The van der Waals surface area contributed by atoms with Crippen molar-refractivity contribution in [3.05, 3.63) is 22.2 Å². The molecule has 0 saturated heterocycles. The molecule has 0 aromatic heterocycles. The molecule has 0 bridgehead atoms. The summed E-state index contributed by atoms with van der Waals surface area (Å²) in [4.78, 5) is 2.32. The average Bonchev–Trinajstić information content (AvgIpc) is 2.35. The molecule has 0 aliphatic carbocycles. The first-order chi connectivity index (χ1) is 8.51. The van der Waals surface area contributed by atoms with Crippen LogP contribution < -0.4 is 10.6 Å². The molecule has 0 heterocycles. The number of nitrogen functional groups attached to an aromatic ring is 1. The zero-order valence-electron chi connectivity index (χ0n) is 11.3. The Hall–Kier alpha value is -0.600. The summed E-state index contributed by atoms with van der Waals surface area (Å²) in [5.74, 6) is 0. The lowest BCUT2D eigenvalue weighted by molar-refractivity contribution is 0.596. The molecule has 0 saturated carbocycles. The molecule has 1 atom stereocenters. The summed E-state index contributed by atoms with van der Waals surface area (Å²) in [5, 5.41) is 1.07. The van der Waals surface area contributed by atoms with E-state index in [1.165, 1.54) is 0 Å². The van der Waals surface area contributed by atoms with E-state index >= 15 is 0 Å². The van der Waals surface area contributed by atoms with E-state index in [2.05, 4.69) is 25.7 Å². The molecule has 4 heteroatoms. The van der Waals surface area contributed by atoms with Gasteiger partial charge in [0.15, 0.2) is 0 Å². The maximum absolute atomic E-state index is 6.10. The number of benzene rings is 1. The Bertz CT molecular complexity index is 394. The van der Waals surface area contributed by atoms with Crippen molar-refractivity contribution in [1.82, 2.24) is 0 Å². The molecule has 2 N–H and O–H groups in total. The quantitative estimate of drug-likeness (QED) is 0.748. The largest absolute Gasteiger partial charge is 0.397 e. The highest BCUT2D eigenvalue weighted by Gasteiger charge is 2.16. The van der Waals surface area contributed by atoms with Crippen molar-refractivity contribution in [1.29, 1.82) is 0 Å². The SMILES string of the molecule is CCCCN(c1cc(Cl)c(Cl)cc1N)C(C)CC. The third kappa shape index (κ3) is 3.69. The van der Waals surface area contributed by atoms with Gasteiger partial charge in [-0.3, -0.25) is 0 Å². The van der Waals surface area contributed by atoms with E-state index in [-0.39, 0.29) is 0 Å². The summed E-state index contributed by atoms with van der Waals surface area (Å²) in [5.41, 5.74) is 7.76. The molecule has 0 aliphatic rings. The van der Waals surface area contributed by atoms with Crippen LogP contribution in [0.25, 0.3) is 0 Å². The van der Waals surface area contributed by atoms with E-state index < -0.39 is 0 Å². The van der Waals surface area contributed by atoms with E-state index in [9.17, 15) is 0 Å². The highest BCUT2D eigenvalue weighted by Crippen LogP contribution is 2.34. The van der Waals surface area contributed by atoms with E-state index in [0.717, 1.165) is 31.5 Å². The van der Waals surface area contributed by atoms with E-state index in [1.54, 1.807) is 6.07 Å². The van der Waals surface area contributed by atoms with Crippen LogP contribution in [0.5, 0.6) is 0 Å². The second-order valence-electron chi connectivity index (χ2n) is 4.63. The van der Waals surface area contributed by atoms with Gasteiger partial charge in [0.1, 0.15) is 0 Å². The number of nitrogens with two attached hydrogens (primary N) is 1. The molecule has 0 radical (unpaired) electrons. The summed E-state index contributed by atoms with van der Waals surface area (Å²) in [6.45, 7) is 7.57. The van der Waals surface area contributed by atoms with Gasteiger partial charge in [0.05, 0.1) is 21.4 Å². The van der Waals surface area contributed by atoms with E-state index in [4.69, 9.17) is 28.9 Å². The van der Waals surface area contributed by atoms with Crippen LogP contribution in [0.3, 0.4) is 0 Å². The Labute approximate surface area is 120 Å². The van der Waals surface area contributed by atoms with Crippen LogP contribution in [0.2, 0.25) is 10.0 Å². The van der Waals surface area contributed by atoms with Crippen LogP contribution in [0, 0.1) is 0 Å². The van der Waals surface area contributed by atoms with Gasteiger partial charge in [-0.2, -0.15) is 0 Å². The van der Waals surface area contributed by atoms with Crippen molar-refractivity contribution in [3.8, 4) is 0 Å². The molecule has 2 nitrogen and oxygen atoms in total. The van der Waals surface area contributed by atoms with Crippen molar-refractivity contribution >= 4 is 34.6 Å². The smallest absolute Gasteiger partial charge is 0.0618 e. The molecule has 1 unspecified atom stereocenters. The first kappa shape index (κ1) is 15.5. The van der Waals surface area contributed by atoms with Gasteiger partial charge in [0.2, 0.25) is 0 Å². The number of unbranched alkanes of at least 4 members (excludes halogenated alkanes) is 1. The molecule has 0 spiro atoms. The fraction of sp³-hybridized carbons (Fsp3) is 0.571. The zero-order chi connectivity index (χ0) is 13.7. The normalized spacial score (nSPS) is 12.5. The van der Waals surface area contributed by atoms with Gasteiger partial charge >= 0.3 is 0 Å². The number of hydrogen-bond acceptors (Lipinski definition) is 2. The van der Waals surface area contributed by atoms with Crippen LogP contribution in [0.4, 0.5) is 11.4 Å². The second-order valence-corrected chi connectivity index (χ2v) is 5.44. The van der Waals surface area contributed by atoms with Crippen molar-refractivity contribution in [2.45, 2.75) is 46.1 Å². The van der Waals surface area contributed by atoms with Crippen LogP contribution in [-0.4, -0.2) is 12.6 Å². The van der Waals surface area contributed by atoms with Crippen LogP contribution in [0.15, 0.2) is 12.1 Å². The summed E-state index contributed by atoms with van der Waals surface area (Å²) in [6.07, 6.45) is 3.38. The molecule has 102 valence electrons. The number of hydrogen-bond donors (Lipinski definition) is 1. The number of nitrogens with zero attached hydrogens (tertiary/aromatic N) is 1. The predicted molar refractivity (Wildman–Crippen MR) is 82.9 cm³/mol. The minimum Gasteiger partial charge on any atom is -0.397 e. The summed E-state index contributed by atoms with van der Waals surface area (Å²) < 4.78 is 0. The maximum Gasteiger partial charge on any atom is 0.0618 e. The van der Waals surface area contributed by atoms with Gasteiger partial charge in [0, 0.05) is 12.6 Å². The number of anilines is 2. The van der Waals surface area contributed by atoms with Crippen molar-refractivity contribution in [2.75, 3.05) is 17.2 Å². The Balaban J connectivity index is 3.07. The second kappa shape index (κ2) is 7.10. The molecule has 0 aliphatic heterocycles. The van der Waals surface area contributed by atoms with E-state index in [1.807, 2.05) is 6.07 Å². The first-order valence-electron chi connectivity index (χ1n) is 6.52. The lowest BCUT2D eigenvalue weighted by Gasteiger charge is -2.32. The molecular weight excluding hydrogens is 267 g/mol. The van der Waals surface area contributed by atoms with Crippen LogP contribution in [-0.2, 0) is 0 Å². The molecule has 1 rings (SSSR count). The third-order valence-corrected chi connectivity index (χ3v) is 3.98. The Morgan fingerprint density at radius 3 is 2.39 bits per heavy atom. The Kier molecular flexibility index (Phi) is 6.10. The molecule has 0 fully saturated rings. The van der Waals surface area contributed by atoms with Crippen molar-refractivity contribution in [3.63, 3.8) is 0 Å². The molecule has 1 aromatic carbocycles. The van der Waals surface area contributed by atoms with Gasteiger partial charge in [-0.25, -0.2) is 0 Å². The minimum absolute atomic E-state index is 0.441. The third-order valence-electron chi connectivity index (χ3n) is 3.25. The van der Waals surface area contributed by atoms with Gasteiger partial charge in [-0.05, 0) is 31.9 Å². The maximum atomic E-state index is 6.10. The van der Waals surface area contributed by atoms with Gasteiger partial charge in [0.25, 0.3) is 0 Å². The Morgan fingerprint density at radius 1 is 1.22 bits per heavy atom. The summed E-state index contributed by atoms with van der Waals surface area (Å²) in [7, 11) is 0. The highest BCUT2D eigenvalue weighted by molar-refractivity contribution is 6.42. The summed E-state index contributed by atoms with van der Waals surface area (Å²) in [6, 6.07) is 4.05. The zero-order valence-corrected chi connectivity index (χ0v) is 12.9. The molecule has 0 amide bonds. The Morgan fingerprint density at radius 2 is 1.83 bits per heavy atom. The molecular formula is C14H22Cl2N2. The minimum atomic E-state index is 0.441. The number of rotatable bonds is 6. The topological polar surface area (TPSA) is 29.3 Å².